The van der Waals surface area contributed by atoms with E-state index in [0.717, 1.165) is 9.13 Å². The van der Waals surface area contributed by atoms with Gasteiger partial charge in [-0.2, -0.15) is 8.78 Å². The van der Waals surface area contributed by atoms with Crippen molar-refractivity contribution in [2.24, 2.45) is 14.1 Å². The molecule has 0 saturated heterocycles. The van der Waals surface area contributed by atoms with Crippen LogP contribution in [0.2, 0.25) is 0 Å². The van der Waals surface area contributed by atoms with Gasteiger partial charge in [-0.15, -0.1) is 0 Å². The number of nitrogen functional groups attached to an aromatic ring is 1. The fourth-order valence-electron chi connectivity index (χ4n) is 3.87. The van der Waals surface area contributed by atoms with Crippen molar-refractivity contribution in [2.45, 2.75) is 19.6 Å². The lowest BCUT2D eigenvalue weighted by atomic mass is 10.0. The number of esters is 1. The molecule has 0 fully saturated rings. The average molecular weight is 524 g/mol. The Morgan fingerprint density at radius 1 is 1.00 bits per heavy atom. The summed E-state index contributed by atoms with van der Waals surface area (Å²) in [5.74, 6) is -2.13. The monoisotopic (exact) mass is 524 g/mol. The minimum absolute atomic E-state index is 0.0414. The second-order valence-corrected chi connectivity index (χ2v) is 8.35. The maximum Gasteiger partial charge on any atom is 0.387 e. The molecule has 0 aliphatic rings. The Balaban J connectivity index is 1.69. The zero-order valence-corrected chi connectivity index (χ0v) is 20.5. The van der Waals surface area contributed by atoms with Crippen LogP contribution in [0, 0.1) is 0 Å². The normalized spacial score (nSPS) is 11.9. The molecule has 0 aliphatic heterocycles. The third-order valence-corrected chi connectivity index (χ3v) is 5.92. The smallest absolute Gasteiger partial charge is 0.387 e. The second-order valence-electron chi connectivity index (χ2n) is 8.35. The highest BCUT2D eigenvalue weighted by atomic mass is 19.3. The van der Waals surface area contributed by atoms with E-state index in [1.807, 2.05) is 0 Å². The third-order valence-electron chi connectivity index (χ3n) is 5.92. The number of benzene rings is 2. The molecule has 0 spiro atoms. The zero-order valence-electron chi connectivity index (χ0n) is 20.5. The van der Waals surface area contributed by atoms with Crippen LogP contribution in [0.1, 0.15) is 27.6 Å². The Bertz CT molecular complexity index is 1680. The van der Waals surface area contributed by atoms with Gasteiger partial charge in [0.15, 0.2) is 6.10 Å². The van der Waals surface area contributed by atoms with E-state index in [1.54, 1.807) is 24.3 Å². The van der Waals surface area contributed by atoms with Crippen LogP contribution >= 0.6 is 0 Å². The van der Waals surface area contributed by atoms with Gasteiger partial charge in [-0.1, -0.05) is 18.2 Å². The van der Waals surface area contributed by atoms with Gasteiger partial charge in [-0.05, 0) is 43.3 Å². The molecule has 0 radical (unpaired) electrons. The van der Waals surface area contributed by atoms with Crippen molar-refractivity contribution >= 4 is 28.5 Å². The van der Waals surface area contributed by atoms with Gasteiger partial charge in [0.2, 0.25) is 5.78 Å². The highest BCUT2D eigenvalue weighted by molar-refractivity contribution is 6.07. The molecular formula is C26H22F2N4O6. The first-order valence-corrected chi connectivity index (χ1v) is 11.2. The summed E-state index contributed by atoms with van der Waals surface area (Å²) >= 11 is 0. The van der Waals surface area contributed by atoms with Crippen molar-refractivity contribution < 1.29 is 27.8 Å². The number of nitrogens with zero attached hydrogens (tertiary/aromatic N) is 3. The standard InChI is InChI=1S/C26H22F2N4O6/c1-13(21(33)20-22(29)31(2)26(36)32(3)23(20)34)37-24(35)17-12-19(30-18-7-5-4-6-16(17)18)14-8-10-15(11-9-14)38-25(27)28/h4-13,25H,29H2,1-3H3. The van der Waals surface area contributed by atoms with Gasteiger partial charge in [0.1, 0.15) is 17.1 Å². The number of hydrogen-bond donors (Lipinski definition) is 1. The van der Waals surface area contributed by atoms with Crippen molar-refractivity contribution in [2.75, 3.05) is 5.73 Å². The first-order chi connectivity index (χ1) is 18.0. The van der Waals surface area contributed by atoms with Crippen LogP contribution in [0.25, 0.3) is 22.2 Å². The number of hydrogen-bond acceptors (Lipinski definition) is 8. The van der Waals surface area contributed by atoms with E-state index in [2.05, 4.69) is 9.72 Å². The Hall–Kier alpha value is -4.87. The van der Waals surface area contributed by atoms with Crippen LogP contribution in [0.5, 0.6) is 5.75 Å². The van der Waals surface area contributed by atoms with Gasteiger partial charge < -0.3 is 15.2 Å². The molecule has 0 saturated carbocycles. The molecule has 10 nitrogen and oxygen atoms in total. The molecule has 2 heterocycles. The minimum atomic E-state index is -2.97. The molecule has 2 aromatic heterocycles. The van der Waals surface area contributed by atoms with E-state index in [9.17, 15) is 28.0 Å². The second kappa shape index (κ2) is 10.2. The summed E-state index contributed by atoms with van der Waals surface area (Å²) in [6.07, 6.45) is -1.42. The van der Waals surface area contributed by atoms with Gasteiger partial charge in [0.05, 0.1) is 16.8 Å². The molecule has 0 aliphatic carbocycles. The van der Waals surface area contributed by atoms with E-state index in [0.29, 0.717) is 22.2 Å². The first-order valence-electron chi connectivity index (χ1n) is 11.2. The van der Waals surface area contributed by atoms with Crippen molar-refractivity contribution in [1.29, 1.82) is 0 Å². The molecule has 2 N–H and O–H groups in total. The summed E-state index contributed by atoms with van der Waals surface area (Å²) in [6, 6.07) is 13.9. The lowest BCUT2D eigenvalue weighted by molar-refractivity contribution is -0.0498. The number of carbonyl (C=O) groups excluding carboxylic acids is 2. The predicted octanol–water partition coefficient (Wildman–Crippen LogP) is 2.91. The van der Waals surface area contributed by atoms with E-state index in [4.69, 9.17) is 10.5 Å². The van der Waals surface area contributed by atoms with Crippen molar-refractivity contribution in [3.05, 3.63) is 86.6 Å². The molecule has 4 rings (SSSR count). The number of anilines is 1. The molecule has 38 heavy (non-hydrogen) atoms. The Morgan fingerprint density at radius 3 is 2.32 bits per heavy atom. The van der Waals surface area contributed by atoms with Gasteiger partial charge in [-0.3, -0.25) is 18.7 Å². The Kier molecular flexibility index (Phi) is 7.06. The van der Waals surface area contributed by atoms with E-state index >= 15 is 0 Å². The molecule has 1 atom stereocenters. The largest absolute Gasteiger partial charge is 0.451 e. The molecule has 196 valence electrons. The summed E-state index contributed by atoms with van der Waals surface area (Å²) in [4.78, 5) is 55.5. The van der Waals surface area contributed by atoms with Gasteiger partial charge in [-0.25, -0.2) is 14.6 Å². The number of ketones is 1. The van der Waals surface area contributed by atoms with Gasteiger partial charge in [0, 0.05) is 25.0 Å². The lowest BCUT2D eigenvalue weighted by Crippen LogP contribution is -2.43. The fraction of sp³-hybridized carbons (Fsp3) is 0.192. The van der Waals surface area contributed by atoms with Crippen LogP contribution in [-0.4, -0.2) is 38.6 Å². The number of Topliss-reactive ketones (excluding diaryl/α,β-unsaturated/α-hetero) is 1. The van der Waals surface area contributed by atoms with E-state index in [1.165, 1.54) is 51.4 Å². The first kappa shape index (κ1) is 26.2. The maximum atomic E-state index is 13.2. The van der Waals surface area contributed by atoms with Crippen LogP contribution in [-0.2, 0) is 18.8 Å². The minimum Gasteiger partial charge on any atom is -0.451 e. The molecule has 12 heteroatoms. The number of pyridine rings is 1. The molecular weight excluding hydrogens is 502 g/mol. The molecule has 0 bridgehead atoms. The van der Waals surface area contributed by atoms with Crippen LogP contribution in [0.4, 0.5) is 14.6 Å². The van der Waals surface area contributed by atoms with Crippen LogP contribution in [0.3, 0.4) is 0 Å². The van der Waals surface area contributed by atoms with Crippen molar-refractivity contribution in [3.63, 3.8) is 0 Å². The van der Waals surface area contributed by atoms with Crippen LogP contribution < -0.4 is 21.7 Å². The predicted molar refractivity (Wildman–Crippen MR) is 134 cm³/mol. The molecule has 1 unspecified atom stereocenters. The summed E-state index contributed by atoms with van der Waals surface area (Å²) in [5, 5.41) is 0.441. The Morgan fingerprint density at radius 2 is 1.66 bits per heavy atom. The fourth-order valence-corrected chi connectivity index (χ4v) is 3.87. The maximum absolute atomic E-state index is 13.2. The molecule has 2 aromatic carbocycles. The number of halogens is 2. The summed E-state index contributed by atoms with van der Waals surface area (Å²) in [6.45, 7) is -1.68. The zero-order chi connectivity index (χ0) is 27.7. The topological polar surface area (TPSA) is 136 Å². The number of nitrogens with two attached hydrogens (primary N) is 1. The number of ether oxygens (including phenoxy) is 2. The Labute approximate surface area is 213 Å². The highest BCUT2D eigenvalue weighted by Crippen LogP contribution is 2.27. The average Bonchev–Trinajstić information content (AvgIpc) is 2.90. The lowest BCUT2D eigenvalue weighted by Gasteiger charge is -2.16. The van der Waals surface area contributed by atoms with Gasteiger partial charge in [0.25, 0.3) is 5.56 Å². The number of para-hydroxylation sites is 1. The third kappa shape index (κ3) is 4.88. The number of rotatable bonds is 7. The number of fused-ring (bicyclic) bond motifs is 1. The van der Waals surface area contributed by atoms with E-state index < -0.39 is 41.3 Å². The number of alkyl halides is 2. The highest BCUT2D eigenvalue weighted by Gasteiger charge is 2.28. The molecule has 0 amide bonds. The molecule has 4 aromatic rings. The summed E-state index contributed by atoms with van der Waals surface area (Å²) in [5.41, 5.74) is 5.15. The summed E-state index contributed by atoms with van der Waals surface area (Å²) < 4.78 is 36.4. The van der Waals surface area contributed by atoms with Gasteiger partial charge >= 0.3 is 18.3 Å². The van der Waals surface area contributed by atoms with Crippen molar-refractivity contribution in [3.8, 4) is 17.0 Å². The quantitative estimate of drug-likeness (QED) is 0.288. The summed E-state index contributed by atoms with van der Waals surface area (Å²) in [7, 11) is 2.51. The van der Waals surface area contributed by atoms with Crippen LogP contribution in [0.15, 0.2) is 64.2 Å². The van der Waals surface area contributed by atoms with Crippen molar-refractivity contribution in [1.82, 2.24) is 14.1 Å². The van der Waals surface area contributed by atoms with E-state index in [-0.39, 0.29) is 17.1 Å². The number of carbonyl (C=O) groups is 2. The SMILES string of the molecule is CC(OC(=O)c1cc(-c2ccc(OC(F)F)cc2)nc2ccccc12)C(=O)c1c(N)n(C)c(=O)n(C)c1=O. The number of aromatic nitrogens is 3.